The third-order valence-electron chi connectivity index (χ3n) is 6.53. The van der Waals surface area contributed by atoms with Crippen LogP contribution in [0.5, 0.6) is 0 Å². The summed E-state index contributed by atoms with van der Waals surface area (Å²) in [6.07, 6.45) is 11.6. The second-order valence-electron chi connectivity index (χ2n) is 9.76. The van der Waals surface area contributed by atoms with E-state index in [9.17, 15) is 4.79 Å². The Morgan fingerprint density at radius 3 is 2.64 bits per heavy atom. The highest BCUT2D eigenvalue weighted by molar-refractivity contribution is 7.15. The molecule has 1 atom stereocenters. The molecule has 1 aliphatic heterocycles. The Balaban J connectivity index is 0.000000370. The first-order chi connectivity index (χ1) is 18.9. The average molecular weight is 554 g/mol. The zero-order valence-corrected chi connectivity index (χ0v) is 25.0. The van der Waals surface area contributed by atoms with Crippen molar-refractivity contribution in [2.45, 2.75) is 52.1 Å². The van der Waals surface area contributed by atoms with E-state index in [0.717, 1.165) is 48.2 Å². The van der Waals surface area contributed by atoms with Crippen molar-refractivity contribution >= 4 is 34.8 Å². The maximum Gasteiger partial charge on any atom is 0.207 e. The molecule has 0 spiro atoms. The molecule has 0 aliphatic carbocycles. The summed E-state index contributed by atoms with van der Waals surface area (Å²) >= 11 is 1.66. The van der Waals surface area contributed by atoms with Crippen LogP contribution >= 0.6 is 11.3 Å². The van der Waals surface area contributed by atoms with Gasteiger partial charge >= 0.3 is 0 Å². The molecule has 39 heavy (non-hydrogen) atoms. The van der Waals surface area contributed by atoms with Crippen LogP contribution in [0.15, 0.2) is 61.0 Å². The van der Waals surface area contributed by atoms with Crippen molar-refractivity contribution in [3.63, 3.8) is 0 Å². The quantitative estimate of drug-likeness (QED) is 0.158. The number of thiazole rings is 1. The zero-order chi connectivity index (χ0) is 28.5. The van der Waals surface area contributed by atoms with E-state index in [-0.39, 0.29) is 6.17 Å². The van der Waals surface area contributed by atoms with Crippen LogP contribution in [0.25, 0.3) is 0 Å². The molecule has 1 unspecified atom stereocenters. The summed E-state index contributed by atoms with van der Waals surface area (Å²) in [6.45, 7) is 19.6. The van der Waals surface area contributed by atoms with Gasteiger partial charge in [0.15, 0.2) is 11.3 Å². The fourth-order valence-electron chi connectivity index (χ4n) is 4.32. The summed E-state index contributed by atoms with van der Waals surface area (Å²) in [5.74, 6) is 0.580. The van der Waals surface area contributed by atoms with Gasteiger partial charge < -0.3 is 25.3 Å². The molecule has 1 fully saturated rings. The minimum absolute atomic E-state index is 0.0988. The highest BCUT2D eigenvalue weighted by atomic mass is 32.1. The van der Waals surface area contributed by atoms with Crippen LogP contribution in [0.3, 0.4) is 0 Å². The molecule has 1 amide bonds. The van der Waals surface area contributed by atoms with Crippen molar-refractivity contribution < 1.29 is 4.79 Å². The number of hydrogen-bond acceptors (Lipinski definition) is 8. The van der Waals surface area contributed by atoms with Crippen molar-refractivity contribution in [1.29, 1.82) is 0 Å². The number of carbonyl (C=O) groups is 1. The van der Waals surface area contributed by atoms with Crippen molar-refractivity contribution in [3.8, 4) is 0 Å². The Morgan fingerprint density at radius 2 is 2.00 bits per heavy atom. The summed E-state index contributed by atoms with van der Waals surface area (Å²) in [7, 11) is 1.96. The Kier molecular flexibility index (Phi) is 14.9. The van der Waals surface area contributed by atoms with Crippen LogP contribution in [0, 0.1) is 0 Å². The Hall–Kier alpha value is -3.17. The molecular weight excluding hydrogens is 506 g/mol. The molecule has 0 radical (unpaired) electrons. The monoisotopic (exact) mass is 553 g/mol. The van der Waals surface area contributed by atoms with Gasteiger partial charge in [-0.2, -0.15) is 0 Å². The van der Waals surface area contributed by atoms with Gasteiger partial charge in [0.05, 0.1) is 4.88 Å². The van der Waals surface area contributed by atoms with E-state index in [0.29, 0.717) is 12.5 Å². The highest BCUT2D eigenvalue weighted by Crippen LogP contribution is 2.31. The van der Waals surface area contributed by atoms with Gasteiger partial charge in [-0.3, -0.25) is 9.79 Å². The fourth-order valence-corrected chi connectivity index (χ4v) is 5.39. The van der Waals surface area contributed by atoms with Crippen LogP contribution < -0.4 is 15.5 Å². The van der Waals surface area contributed by atoms with Gasteiger partial charge in [0.25, 0.3) is 0 Å². The summed E-state index contributed by atoms with van der Waals surface area (Å²) in [6, 6.07) is 8.38. The van der Waals surface area contributed by atoms with Crippen molar-refractivity contribution in [1.82, 2.24) is 20.1 Å². The predicted octanol–water partition coefficient (Wildman–Crippen LogP) is 5.71. The van der Waals surface area contributed by atoms with Crippen LogP contribution in [-0.4, -0.2) is 73.7 Å². The van der Waals surface area contributed by atoms with Gasteiger partial charge in [-0.1, -0.05) is 50.5 Å². The minimum atomic E-state index is -0.0988. The third-order valence-corrected chi connectivity index (χ3v) is 7.63. The third kappa shape index (κ3) is 11.2. The molecule has 1 aliphatic rings. The van der Waals surface area contributed by atoms with Crippen LogP contribution in [-0.2, 0) is 4.79 Å². The maximum atomic E-state index is 10.6. The first kappa shape index (κ1) is 32.0. The lowest BCUT2D eigenvalue weighted by atomic mass is 10.0. The van der Waals surface area contributed by atoms with Crippen LogP contribution in [0.4, 0.5) is 10.8 Å². The summed E-state index contributed by atoms with van der Waals surface area (Å²) < 4.78 is 0. The van der Waals surface area contributed by atoms with Crippen LogP contribution in [0.2, 0.25) is 0 Å². The van der Waals surface area contributed by atoms with E-state index in [1.54, 1.807) is 23.7 Å². The van der Waals surface area contributed by atoms with Gasteiger partial charge in [-0.25, -0.2) is 4.98 Å². The number of rotatable bonds is 16. The smallest absolute Gasteiger partial charge is 0.207 e. The first-order valence-electron chi connectivity index (χ1n) is 13.8. The Morgan fingerprint density at radius 1 is 1.23 bits per heavy atom. The summed E-state index contributed by atoms with van der Waals surface area (Å²) in [4.78, 5) is 27.6. The standard InChI is InChI=1S/C19H32N6OS.C11H15N/c1-4-21-18(23(3)5-2)17-15-22-19(27-17)25(14-9-20-16-26)13-8-12-24-10-6-7-11-24;1-4-12-11-7-5-6-10(8-11)9(2)3/h4-5,15-16,18H,2,6-14H2,1,3H3,(H,20,26);4-9,12H,1H2,2-3H3/b21-4-;. The lowest BCUT2D eigenvalue weighted by molar-refractivity contribution is -0.109. The SMILES string of the molecule is C=CN(C)C(/N=C\C)c1cnc(N(CCCN2CCCC2)CCNC=O)s1.C=CNc1cccc(C(C)C)c1. The molecule has 214 valence electrons. The molecular formula is C30H47N7OS. The highest BCUT2D eigenvalue weighted by Gasteiger charge is 2.19. The minimum Gasteiger partial charge on any atom is -0.362 e. The maximum absolute atomic E-state index is 10.6. The lowest BCUT2D eigenvalue weighted by Gasteiger charge is -2.24. The number of hydrogen-bond donors (Lipinski definition) is 2. The largest absolute Gasteiger partial charge is 0.362 e. The lowest BCUT2D eigenvalue weighted by Crippen LogP contribution is -2.34. The first-order valence-corrected chi connectivity index (χ1v) is 14.6. The summed E-state index contributed by atoms with van der Waals surface area (Å²) in [5, 5.41) is 6.80. The summed E-state index contributed by atoms with van der Waals surface area (Å²) in [5.41, 5.74) is 2.46. The van der Waals surface area contributed by atoms with Gasteiger partial charge in [0, 0.05) is 38.6 Å². The molecule has 8 nitrogen and oxygen atoms in total. The number of nitrogens with one attached hydrogen (secondary N) is 2. The van der Waals surface area contributed by atoms with E-state index in [4.69, 9.17) is 0 Å². The molecule has 1 aromatic heterocycles. The molecule has 0 saturated carbocycles. The molecule has 9 heteroatoms. The van der Waals surface area contributed by atoms with Gasteiger partial charge in [0.2, 0.25) is 6.41 Å². The van der Waals surface area contributed by atoms with Crippen molar-refractivity contribution in [2.24, 2.45) is 4.99 Å². The number of amides is 1. The van der Waals surface area contributed by atoms with E-state index in [1.807, 2.05) is 37.3 Å². The van der Waals surface area contributed by atoms with Crippen LogP contribution in [0.1, 0.15) is 62.6 Å². The Bertz CT molecular complexity index is 1020. The van der Waals surface area contributed by atoms with Crippen molar-refractivity contribution in [3.05, 3.63) is 66.5 Å². The van der Waals surface area contributed by atoms with E-state index >= 15 is 0 Å². The van der Waals surface area contributed by atoms with Gasteiger partial charge in [0.1, 0.15) is 0 Å². The number of aromatic nitrogens is 1. The molecule has 3 rings (SSSR count). The van der Waals surface area contributed by atoms with Gasteiger partial charge in [-0.05, 0) is 88.0 Å². The topological polar surface area (TPSA) is 76.1 Å². The second kappa shape index (κ2) is 18.2. The number of likely N-dealkylation sites (tertiary alicyclic amines) is 1. The van der Waals surface area contributed by atoms with E-state index < -0.39 is 0 Å². The molecule has 2 aromatic rings. The number of nitrogens with zero attached hydrogens (tertiary/aromatic N) is 5. The number of carbonyl (C=O) groups excluding carboxylic acids is 1. The average Bonchev–Trinajstić information content (AvgIpc) is 3.64. The molecule has 2 heterocycles. The fraction of sp³-hybridized carbons (Fsp3) is 0.500. The van der Waals surface area contributed by atoms with Crippen molar-refractivity contribution in [2.75, 3.05) is 56.5 Å². The molecule has 0 bridgehead atoms. The van der Waals surface area contributed by atoms with E-state index in [2.05, 4.69) is 75.6 Å². The zero-order valence-electron chi connectivity index (χ0n) is 24.2. The predicted molar refractivity (Wildman–Crippen MR) is 168 cm³/mol. The molecule has 1 aromatic carbocycles. The number of benzene rings is 1. The second-order valence-corrected chi connectivity index (χ2v) is 10.8. The molecule has 1 saturated heterocycles. The number of aliphatic imine (C=N–C) groups is 1. The molecule has 2 N–H and O–H groups in total. The Labute approximate surface area is 239 Å². The van der Waals surface area contributed by atoms with E-state index in [1.165, 1.54) is 31.5 Å². The normalized spacial score (nSPS) is 14.0. The van der Waals surface area contributed by atoms with Gasteiger partial charge in [-0.15, -0.1) is 0 Å². The number of anilines is 2.